The van der Waals surface area contributed by atoms with Gasteiger partial charge in [-0.1, -0.05) is 36.0 Å². The molecule has 0 atom stereocenters. The summed E-state index contributed by atoms with van der Waals surface area (Å²) >= 11 is 8.27. The Morgan fingerprint density at radius 3 is 2.77 bits per heavy atom. The molecule has 2 aromatic heterocycles. The van der Waals surface area contributed by atoms with E-state index in [1.54, 1.807) is 0 Å². The van der Waals surface area contributed by atoms with E-state index in [1.165, 1.54) is 23.9 Å². The molecule has 2 saturated heterocycles. The topological polar surface area (TPSA) is 68.1 Å². The lowest BCUT2D eigenvalue weighted by Gasteiger charge is -2.38. The monoisotopic (exact) mass is 508 g/mol. The molecule has 0 saturated carbocycles. The van der Waals surface area contributed by atoms with Crippen molar-refractivity contribution in [3.8, 4) is 0 Å². The summed E-state index contributed by atoms with van der Waals surface area (Å²) < 4.78 is 7.71. The van der Waals surface area contributed by atoms with Crippen LogP contribution in [0, 0.1) is 5.41 Å². The second-order valence-corrected chi connectivity index (χ2v) is 11.1. The lowest BCUT2D eigenvalue weighted by molar-refractivity contribution is 0.133. The number of nitrogens with zero attached hydrogens (tertiary/aromatic N) is 5. The van der Waals surface area contributed by atoms with Gasteiger partial charge in [0.25, 0.3) is 0 Å². The molecule has 6 rings (SSSR count). The number of halogens is 1. The van der Waals surface area contributed by atoms with Crippen LogP contribution in [-0.2, 0) is 17.7 Å². The van der Waals surface area contributed by atoms with Crippen molar-refractivity contribution in [3.05, 3.63) is 59.6 Å². The van der Waals surface area contributed by atoms with Crippen molar-refractivity contribution in [1.29, 1.82) is 0 Å². The van der Waals surface area contributed by atoms with E-state index in [1.807, 2.05) is 30.6 Å². The van der Waals surface area contributed by atoms with Gasteiger partial charge in [0, 0.05) is 36.8 Å². The van der Waals surface area contributed by atoms with Gasteiger partial charge in [0.15, 0.2) is 0 Å². The maximum atomic E-state index is 6.76. The van der Waals surface area contributed by atoms with E-state index in [0.717, 1.165) is 91.3 Å². The van der Waals surface area contributed by atoms with Crippen molar-refractivity contribution in [2.75, 3.05) is 36.5 Å². The Bertz CT molecular complexity index is 1210. The molecule has 9 heteroatoms. The molecular formula is C26H29ClN6OS. The zero-order valence-corrected chi connectivity index (χ0v) is 21.2. The van der Waals surface area contributed by atoms with Crippen LogP contribution in [0.4, 0.5) is 11.5 Å². The number of ether oxygens (including phenoxy) is 1. The Hall–Kier alpha value is -2.55. The third-order valence-corrected chi connectivity index (χ3v) is 8.89. The number of nitrogens with one attached hydrogen (secondary N) is 1. The van der Waals surface area contributed by atoms with Gasteiger partial charge in [0.1, 0.15) is 16.5 Å². The Morgan fingerprint density at radius 2 is 2.03 bits per heavy atom. The largest absolute Gasteiger partial charge is 0.381 e. The van der Waals surface area contributed by atoms with Crippen LogP contribution in [0.15, 0.2) is 53.2 Å². The van der Waals surface area contributed by atoms with Gasteiger partial charge >= 0.3 is 0 Å². The molecule has 1 aromatic carbocycles. The predicted octanol–water partition coefficient (Wildman–Crippen LogP) is 5.51. The quantitative estimate of drug-likeness (QED) is 0.470. The fourth-order valence-corrected chi connectivity index (χ4v) is 6.28. The highest BCUT2D eigenvalue weighted by molar-refractivity contribution is 7.99. The molecule has 0 amide bonds. The molecule has 1 spiro atoms. The van der Waals surface area contributed by atoms with Gasteiger partial charge in [-0.05, 0) is 55.7 Å². The summed E-state index contributed by atoms with van der Waals surface area (Å²) in [6.45, 7) is 8.99. The molecular weight excluding hydrogens is 480 g/mol. The maximum absolute atomic E-state index is 6.76. The summed E-state index contributed by atoms with van der Waals surface area (Å²) in [5, 5.41) is 9.45. The highest BCUT2D eigenvalue weighted by Crippen LogP contribution is 2.40. The lowest BCUT2D eigenvalue weighted by Crippen LogP contribution is -2.40. The molecule has 1 N–H and O–H groups in total. The number of benzene rings is 1. The molecule has 0 unspecified atom stereocenters. The van der Waals surface area contributed by atoms with Crippen LogP contribution in [0.25, 0.3) is 5.70 Å². The standard InChI is InChI=1S/C26H29ClN6OS/c1-18(21-14-19-4-3-10-33(19)31-21)30-20-5-2-6-22(25(20)27)35-24-16-28-23(15-29-24)32-11-7-26(8-12-32)9-13-34-17-26/h2,5-6,14-16,30H,1,3-4,7-13,17H2. The summed E-state index contributed by atoms with van der Waals surface area (Å²) in [7, 11) is 0. The van der Waals surface area contributed by atoms with Crippen LogP contribution < -0.4 is 10.2 Å². The molecule has 7 nitrogen and oxygen atoms in total. The van der Waals surface area contributed by atoms with Crippen molar-refractivity contribution in [2.45, 2.75) is 48.6 Å². The van der Waals surface area contributed by atoms with Crippen LogP contribution >= 0.6 is 23.4 Å². The predicted molar refractivity (Wildman–Crippen MR) is 140 cm³/mol. The first-order valence-electron chi connectivity index (χ1n) is 12.2. The highest BCUT2D eigenvalue weighted by Gasteiger charge is 2.38. The Morgan fingerprint density at radius 1 is 1.14 bits per heavy atom. The third kappa shape index (κ3) is 4.67. The second-order valence-electron chi connectivity index (χ2n) is 9.67. The van der Waals surface area contributed by atoms with E-state index in [2.05, 4.69) is 37.6 Å². The average Bonchev–Trinajstić information content (AvgIpc) is 3.60. The van der Waals surface area contributed by atoms with Gasteiger partial charge in [0.05, 0.1) is 35.4 Å². The van der Waals surface area contributed by atoms with Crippen LogP contribution in [-0.4, -0.2) is 46.1 Å². The van der Waals surface area contributed by atoms with Gasteiger partial charge in [-0.2, -0.15) is 5.10 Å². The van der Waals surface area contributed by atoms with Gasteiger partial charge in [-0.15, -0.1) is 0 Å². The minimum atomic E-state index is 0.388. The molecule has 5 heterocycles. The van der Waals surface area contributed by atoms with Gasteiger partial charge in [-0.3, -0.25) is 4.68 Å². The first kappa shape index (κ1) is 22.9. The summed E-state index contributed by atoms with van der Waals surface area (Å²) in [5.41, 5.74) is 4.06. The molecule has 2 fully saturated rings. The summed E-state index contributed by atoms with van der Waals surface area (Å²) in [6, 6.07) is 8.04. The molecule has 0 radical (unpaired) electrons. The normalized spacial score (nSPS) is 18.7. The van der Waals surface area contributed by atoms with E-state index in [4.69, 9.17) is 21.3 Å². The molecule has 3 aromatic rings. The number of hydrogen-bond acceptors (Lipinski definition) is 7. The van der Waals surface area contributed by atoms with Gasteiger partial charge in [0.2, 0.25) is 0 Å². The number of hydrogen-bond donors (Lipinski definition) is 1. The first-order chi connectivity index (χ1) is 17.1. The van der Waals surface area contributed by atoms with Crippen molar-refractivity contribution >= 4 is 40.6 Å². The molecule has 3 aliphatic rings. The van der Waals surface area contributed by atoms with Crippen molar-refractivity contribution < 1.29 is 4.74 Å². The SMILES string of the molecule is C=C(Nc1cccc(Sc2cnc(N3CCC4(CCOC4)CC3)cn2)c1Cl)c1cc2n(n1)CCC2. The summed E-state index contributed by atoms with van der Waals surface area (Å²) in [4.78, 5) is 12.6. The third-order valence-electron chi connectivity index (χ3n) is 7.39. The number of piperidine rings is 1. The average molecular weight is 509 g/mol. The zero-order valence-electron chi connectivity index (χ0n) is 19.7. The van der Waals surface area contributed by atoms with E-state index >= 15 is 0 Å². The number of rotatable bonds is 6. The number of aromatic nitrogens is 4. The fourth-order valence-electron chi connectivity index (χ4n) is 5.21. The van der Waals surface area contributed by atoms with Crippen LogP contribution in [0.3, 0.4) is 0 Å². The highest BCUT2D eigenvalue weighted by atomic mass is 35.5. The summed E-state index contributed by atoms with van der Waals surface area (Å²) in [6.07, 6.45) is 9.45. The summed E-state index contributed by atoms with van der Waals surface area (Å²) in [5.74, 6) is 0.938. The van der Waals surface area contributed by atoms with E-state index in [9.17, 15) is 0 Å². The number of aryl methyl sites for hydroxylation is 2. The molecule has 182 valence electrons. The van der Waals surface area contributed by atoms with Crippen molar-refractivity contribution in [1.82, 2.24) is 19.7 Å². The Kier molecular flexibility index (Phi) is 6.20. The van der Waals surface area contributed by atoms with Crippen molar-refractivity contribution in [2.24, 2.45) is 5.41 Å². The maximum Gasteiger partial charge on any atom is 0.147 e. The van der Waals surface area contributed by atoms with E-state index in [0.29, 0.717) is 10.4 Å². The Labute approximate surface area is 214 Å². The van der Waals surface area contributed by atoms with E-state index in [-0.39, 0.29) is 0 Å². The second kappa shape index (κ2) is 9.48. The van der Waals surface area contributed by atoms with Gasteiger partial charge in [-0.25, -0.2) is 9.97 Å². The van der Waals surface area contributed by atoms with Crippen molar-refractivity contribution in [3.63, 3.8) is 0 Å². The molecule has 0 aliphatic carbocycles. The molecule has 35 heavy (non-hydrogen) atoms. The van der Waals surface area contributed by atoms with E-state index < -0.39 is 0 Å². The number of fused-ring (bicyclic) bond motifs is 1. The fraction of sp³-hybridized carbons (Fsp3) is 0.423. The van der Waals surface area contributed by atoms with Crippen LogP contribution in [0.5, 0.6) is 0 Å². The Balaban J connectivity index is 1.10. The zero-order chi connectivity index (χ0) is 23.8. The number of anilines is 2. The smallest absolute Gasteiger partial charge is 0.147 e. The minimum Gasteiger partial charge on any atom is -0.381 e. The molecule has 0 bridgehead atoms. The van der Waals surface area contributed by atoms with Gasteiger partial charge < -0.3 is 15.0 Å². The minimum absolute atomic E-state index is 0.388. The van der Waals surface area contributed by atoms with Crippen LogP contribution in [0.1, 0.15) is 37.1 Å². The lowest BCUT2D eigenvalue weighted by atomic mass is 9.78. The van der Waals surface area contributed by atoms with Crippen LogP contribution in [0.2, 0.25) is 5.02 Å². The first-order valence-corrected chi connectivity index (χ1v) is 13.4. The molecule has 3 aliphatic heterocycles.